The van der Waals surface area contributed by atoms with E-state index in [1.165, 1.54) is 10.7 Å². The van der Waals surface area contributed by atoms with Crippen LogP contribution in [0.25, 0.3) is 22.1 Å². The van der Waals surface area contributed by atoms with Crippen molar-refractivity contribution in [2.24, 2.45) is 0 Å². The van der Waals surface area contributed by atoms with Crippen molar-refractivity contribution in [2.45, 2.75) is 13.0 Å². The second-order valence-corrected chi connectivity index (χ2v) is 7.79. The second kappa shape index (κ2) is 7.94. The minimum absolute atomic E-state index is 0.244. The Bertz CT molecular complexity index is 1520. The molecule has 5 aromatic rings. The van der Waals surface area contributed by atoms with Gasteiger partial charge in [0.2, 0.25) is 0 Å². The van der Waals surface area contributed by atoms with Crippen molar-refractivity contribution in [3.63, 3.8) is 0 Å². The number of nitrogens with zero attached hydrogens (tertiary/aromatic N) is 4. The van der Waals surface area contributed by atoms with Crippen LogP contribution in [0.4, 0.5) is 0 Å². The van der Waals surface area contributed by atoms with Gasteiger partial charge in [0, 0.05) is 17.6 Å². The monoisotopic (exact) mass is 443 g/mol. The van der Waals surface area contributed by atoms with Crippen LogP contribution >= 0.6 is 11.6 Å². The number of imidazole rings is 1. The summed E-state index contributed by atoms with van der Waals surface area (Å²) in [5.74, 6) is -0.345. The third-order valence-corrected chi connectivity index (χ3v) is 5.66. The largest absolute Gasteiger partial charge is 0.343 e. The van der Waals surface area contributed by atoms with Crippen molar-refractivity contribution in [3.8, 4) is 5.69 Å². The van der Waals surface area contributed by atoms with Gasteiger partial charge in [0.25, 0.3) is 11.5 Å². The van der Waals surface area contributed by atoms with E-state index in [0.29, 0.717) is 38.5 Å². The molecule has 7 nitrogen and oxygen atoms in total. The standard InChI is InChI=1S/C24H18ClN5O2/c1-15(28-23(31)20-14-26-21-11-6-12-27-30(20)21)19-13-16-7-5-10-18(25)22(16)24(32)29(19)17-8-3-2-4-9-17/h2-15H,1H3,(H,28,31). The van der Waals surface area contributed by atoms with E-state index in [0.717, 1.165) is 0 Å². The molecule has 3 aromatic heterocycles. The van der Waals surface area contributed by atoms with E-state index < -0.39 is 6.04 Å². The number of nitrogens with one attached hydrogen (secondary N) is 1. The summed E-state index contributed by atoms with van der Waals surface area (Å²) < 4.78 is 3.07. The SMILES string of the molecule is CC(NC(=O)c1cnc2cccnn12)c1cc2cccc(Cl)c2c(=O)n1-c1ccccc1. The van der Waals surface area contributed by atoms with Crippen LogP contribution < -0.4 is 10.9 Å². The number of pyridine rings is 1. The first-order chi connectivity index (χ1) is 15.5. The minimum Gasteiger partial charge on any atom is -0.343 e. The Morgan fingerprint density at radius 3 is 2.69 bits per heavy atom. The molecule has 0 bridgehead atoms. The highest BCUT2D eigenvalue weighted by molar-refractivity contribution is 6.35. The van der Waals surface area contributed by atoms with Crippen LogP contribution in [0.15, 0.2) is 83.9 Å². The molecule has 0 spiro atoms. The molecule has 158 valence electrons. The number of carbonyl (C=O) groups excluding carboxylic acids is 1. The van der Waals surface area contributed by atoms with Gasteiger partial charge in [-0.05, 0) is 48.7 Å². The van der Waals surface area contributed by atoms with E-state index >= 15 is 0 Å². The van der Waals surface area contributed by atoms with Crippen molar-refractivity contribution >= 4 is 33.9 Å². The van der Waals surface area contributed by atoms with Gasteiger partial charge in [-0.25, -0.2) is 9.50 Å². The van der Waals surface area contributed by atoms with Gasteiger partial charge in [-0.15, -0.1) is 0 Å². The van der Waals surface area contributed by atoms with E-state index in [-0.39, 0.29) is 11.5 Å². The fourth-order valence-corrected chi connectivity index (χ4v) is 4.09. The number of aromatic nitrogens is 4. The summed E-state index contributed by atoms with van der Waals surface area (Å²) in [5.41, 5.74) is 1.96. The molecule has 5 rings (SSSR count). The molecule has 0 aliphatic carbocycles. The normalized spacial score (nSPS) is 12.2. The van der Waals surface area contributed by atoms with Gasteiger partial charge in [0.15, 0.2) is 5.65 Å². The summed E-state index contributed by atoms with van der Waals surface area (Å²) in [4.78, 5) is 30.8. The molecule has 1 amide bonds. The number of rotatable bonds is 4. The molecule has 0 radical (unpaired) electrons. The highest BCUT2D eigenvalue weighted by Crippen LogP contribution is 2.25. The van der Waals surface area contributed by atoms with Gasteiger partial charge < -0.3 is 5.32 Å². The highest BCUT2D eigenvalue weighted by Gasteiger charge is 2.21. The number of para-hydroxylation sites is 1. The maximum atomic E-state index is 13.5. The van der Waals surface area contributed by atoms with Crippen LogP contribution in [0.5, 0.6) is 0 Å². The first-order valence-corrected chi connectivity index (χ1v) is 10.4. The van der Waals surface area contributed by atoms with Crippen LogP contribution in [-0.4, -0.2) is 25.1 Å². The lowest BCUT2D eigenvalue weighted by Gasteiger charge is -2.21. The molecule has 8 heteroatoms. The van der Waals surface area contributed by atoms with Gasteiger partial charge in [-0.2, -0.15) is 5.10 Å². The molecule has 0 saturated carbocycles. The fraction of sp³-hybridized carbons (Fsp3) is 0.0833. The molecule has 1 unspecified atom stereocenters. The molecular formula is C24H18ClN5O2. The van der Waals surface area contributed by atoms with Gasteiger partial charge in [0.05, 0.1) is 22.6 Å². The number of halogens is 1. The number of hydrogen-bond acceptors (Lipinski definition) is 4. The van der Waals surface area contributed by atoms with Gasteiger partial charge in [0.1, 0.15) is 5.69 Å². The van der Waals surface area contributed by atoms with E-state index in [1.54, 1.807) is 35.0 Å². The van der Waals surface area contributed by atoms with E-state index in [9.17, 15) is 9.59 Å². The Morgan fingerprint density at radius 2 is 1.88 bits per heavy atom. The predicted octanol–water partition coefficient (Wildman–Crippen LogP) is 4.18. The smallest absolute Gasteiger partial charge is 0.272 e. The summed E-state index contributed by atoms with van der Waals surface area (Å²) in [6.07, 6.45) is 3.07. The molecular weight excluding hydrogens is 426 g/mol. The predicted molar refractivity (Wildman–Crippen MR) is 123 cm³/mol. The molecule has 0 aliphatic heterocycles. The van der Waals surface area contributed by atoms with E-state index in [1.807, 2.05) is 49.4 Å². The quantitative estimate of drug-likeness (QED) is 0.452. The summed E-state index contributed by atoms with van der Waals surface area (Å²) in [7, 11) is 0. The molecule has 0 fully saturated rings. The summed E-state index contributed by atoms with van der Waals surface area (Å²) in [6.45, 7) is 1.83. The van der Waals surface area contributed by atoms with Gasteiger partial charge in [-0.1, -0.05) is 41.9 Å². The first kappa shape index (κ1) is 20.0. The van der Waals surface area contributed by atoms with Crippen molar-refractivity contribution < 1.29 is 4.79 Å². The number of hydrogen-bond donors (Lipinski definition) is 1. The zero-order valence-corrected chi connectivity index (χ0v) is 17.8. The zero-order chi connectivity index (χ0) is 22.2. The zero-order valence-electron chi connectivity index (χ0n) is 17.1. The second-order valence-electron chi connectivity index (χ2n) is 7.38. The Balaban J connectivity index is 1.62. The lowest BCUT2D eigenvalue weighted by atomic mass is 10.1. The van der Waals surface area contributed by atoms with Crippen molar-refractivity contribution in [2.75, 3.05) is 0 Å². The molecule has 1 N–H and O–H groups in total. The lowest BCUT2D eigenvalue weighted by Crippen LogP contribution is -2.32. The van der Waals surface area contributed by atoms with E-state index in [2.05, 4.69) is 15.4 Å². The summed E-state index contributed by atoms with van der Waals surface area (Å²) in [6, 6.07) is 19.5. The molecule has 2 aromatic carbocycles. The average molecular weight is 444 g/mol. The average Bonchev–Trinajstić information content (AvgIpc) is 3.24. The summed E-state index contributed by atoms with van der Waals surface area (Å²) in [5, 5.41) is 8.70. The lowest BCUT2D eigenvalue weighted by molar-refractivity contribution is 0.0931. The van der Waals surface area contributed by atoms with Crippen molar-refractivity contribution in [1.29, 1.82) is 0 Å². The van der Waals surface area contributed by atoms with Crippen LogP contribution in [0.2, 0.25) is 5.02 Å². The Kier molecular flexibility index (Phi) is 4.95. The molecule has 0 saturated heterocycles. The van der Waals surface area contributed by atoms with Crippen LogP contribution in [0, 0.1) is 0 Å². The first-order valence-electron chi connectivity index (χ1n) is 10.0. The van der Waals surface area contributed by atoms with Crippen LogP contribution in [-0.2, 0) is 0 Å². The van der Waals surface area contributed by atoms with Crippen molar-refractivity contribution in [3.05, 3.63) is 106 Å². The molecule has 32 heavy (non-hydrogen) atoms. The number of benzene rings is 2. The van der Waals surface area contributed by atoms with Crippen LogP contribution in [0.1, 0.15) is 29.1 Å². The Hall–Kier alpha value is -3.97. The van der Waals surface area contributed by atoms with Crippen LogP contribution in [0.3, 0.4) is 0 Å². The van der Waals surface area contributed by atoms with E-state index in [4.69, 9.17) is 11.6 Å². The number of amides is 1. The topological polar surface area (TPSA) is 81.3 Å². The maximum absolute atomic E-state index is 13.5. The third kappa shape index (κ3) is 3.33. The summed E-state index contributed by atoms with van der Waals surface area (Å²) >= 11 is 6.36. The van der Waals surface area contributed by atoms with Crippen molar-refractivity contribution in [1.82, 2.24) is 24.5 Å². The van der Waals surface area contributed by atoms with Gasteiger partial charge in [-0.3, -0.25) is 14.2 Å². The highest BCUT2D eigenvalue weighted by atomic mass is 35.5. The Morgan fingerprint density at radius 1 is 1.06 bits per heavy atom. The third-order valence-electron chi connectivity index (χ3n) is 5.34. The minimum atomic E-state index is -0.493. The molecule has 3 heterocycles. The molecule has 0 aliphatic rings. The molecule has 1 atom stereocenters. The number of carbonyl (C=O) groups is 1. The fourth-order valence-electron chi connectivity index (χ4n) is 3.83. The van der Waals surface area contributed by atoms with Gasteiger partial charge >= 0.3 is 0 Å². The maximum Gasteiger partial charge on any atom is 0.272 e. The Labute approximate surface area is 187 Å². The number of fused-ring (bicyclic) bond motifs is 2.